The number of hydrogen-bond acceptors (Lipinski definition) is 2. The Bertz CT molecular complexity index is 300. The molecule has 0 aliphatic carbocycles. The Labute approximate surface area is 92.9 Å². The third kappa shape index (κ3) is 5.55. The lowest BCUT2D eigenvalue weighted by Crippen LogP contribution is -2.35. The van der Waals surface area contributed by atoms with Gasteiger partial charge in [-0.15, -0.1) is 0 Å². The number of nitrogens with two attached hydrogens (primary N) is 1. The summed E-state index contributed by atoms with van der Waals surface area (Å²) in [6.45, 7) is 8.13. The van der Waals surface area contributed by atoms with Gasteiger partial charge in [0.05, 0.1) is 0 Å². The van der Waals surface area contributed by atoms with Crippen LogP contribution >= 0.6 is 0 Å². The molecule has 0 saturated carbocycles. The van der Waals surface area contributed by atoms with Crippen molar-refractivity contribution < 1.29 is 0 Å². The molecular formula is C13H22N2. The molecule has 0 fully saturated rings. The van der Waals surface area contributed by atoms with Crippen molar-refractivity contribution in [2.45, 2.75) is 39.3 Å². The lowest BCUT2D eigenvalue weighted by atomic mass is 10.0. The van der Waals surface area contributed by atoms with Crippen molar-refractivity contribution in [3.05, 3.63) is 35.4 Å². The Morgan fingerprint density at radius 3 is 2.67 bits per heavy atom. The van der Waals surface area contributed by atoms with E-state index in [9.17, 15) is 0 Å². The summed E-state index contributed by atoms with van der Waals surface area (Å²) < 4.78 is 0. The molecule has 1 aromatic carbocycles. The highest BCUT2D eigenvalue weighted by atomic mass is 14.9. The minimum Gasteiger partial charge on any atom is -0.326 e. The molecule has 0 bridgehead atoms. The van der Waals surface area contributed by atoms with Crippen molar-refractivity contribution in [3.8, 4) is 0 Å². The molecule has 15 heavy (non-hydrogen) atoms. The summed E-state index contributed by atoms with van der Waals surface area (Å²) in [6, 6.07) is 8.57. The highest BCUT2D eigenvalue weighted by molar-refractivity contribution is 5.21. The summed E-state index contributed by atoms with van der Waals surface area (Å²) in [4.78, 5) is 0. The fraction of sp³-hybridized carbons (Fsp3) is 0.538. The number of benzene rings is 1. The van der Waals surface area contributed by atoms with Crippen LogP contribution in [0.3, 0.4) is 0 Å². The Morgan fingerprint density at radius 2 is 2.07 bits per heavy atom. The molecule has 0 radical (unpaired) electrons. The van der Waals surface area contributed by atoms with E-state index >= 15 is 0 Å². The van der Waals surface area contributed by atoms with E-state index in [-0.39, 0.29) is 5.54 Å². The molecule has 0 unspecified atom stereocenters. The molecule has 0 aliphatic rings. The summed E-state index contributed by atoms with van der Waals surface area (Å²) in [6.07, 6.45) is 0.999. The Morgan fingerprint density at radius 1 is 1.33 bits per heavy atom. The SMILES string of the molecule is Cc1cccc(CNCCC(C)(C)N)c1. The van der Waals surface area contributed by atoms with E-state index in [4.69, 9.17) is 5.73 Å². The van der Waals surface area contributed by atoms with E-state index in [1.165, 1.54) is 11.1 Å². The van der Waals surface area contributed by atoms with Crippen molar-refractivity contribution in [3.63, 3.8) is 0 Å². The molecule has 0 atom stereocenters. The van der Waals surface area contributed by atoms with Crippen LogP contribution in [0.15, 0.2) is 24.3 Å². The Balaban J connectivity index is 2.26. The van der Waals surface area contributed by atoms with E-state index in [2.05, 4.69) is 50.4 Å². The predicted molar refractivity (Wildman–Crippen MR) is 65.8 cm³/mol. The van der Waals surface area contributed by atoms with Crippen LogP contribution in [0, 0.1) is 6.92 Å². The average Bonchev–Trinajstić information content (AvgIpc) is 2.11. The van der Waals surface area contributed by atoms with Gasteiger partial charge < -0.3 is 11.1 Å². The molecule has 3 N–H and O–H groups in total. The monoisotopic (exact) mass is 206 g/mol. The lowest BCUT2D eigenvalue weighted by Gasteiger charge is -2.18. The molecule has 0 spiro atoms. The van der Waals surface area contributed by atoms with E-state index < -0.39 is 0 Å². The van der Waals surface area contributed by atoms with Crippen LogP contribution in [0.25, 0.3) is 0 Å². The normalized spacial score (nSPS) is 11.7. The summed E-state index contributed by atoms with van der Waals surface area (Å²) in [5.41, 5.74) is 8.48. The van der Waals surface area contributed by atoms with Crippen molar-refractivity contribution in [2.75, 3.05) is 6.54 Å². The zero-order valence-electron chi connectivity index (χ0n) is 10.0. The molecule has 0 amide bonds. The van der Waals surface area contributed by atoms with Crippen LogP contribution in [0.5, 0.6) is 0 Å². The first kappa shape index (κ1) is 12.2. The number of aryl methyl sites for hydroxylation is 1. The van der Waals surface area contributed by atoms with Crippen molar-refractivity contribution >= 4 is 0 Å². The fourth-order valence-electron chi connectivity index (χ4n) is 1.47. The number of nitrogens with one attached hydrogen (secondary N) is 1. The second-order valence-corrected chi connectivity index (χ2v) is 4.90. The molecule has 0 saturated heterocycles. The minimum absolute atomic E-state index is 0.0698. The molecule has 2 nitrogen and oxygen atoms in total. The summed E-state index contributed by atoms with van der Waals surface area (Å²) in [7, 11) is 0. The van der Waals surface area contributed by atoms with Gasteiger partial charge in [0.25, 0.3) is 0 Å². The van der Waals surface area contributed by atoms with Gasteiger partial charge >= 0.3 is 0 Å². The van der Waals surface area contributed by atoms with Crippen LogP contribution < -0.4 is 11.1 Å². The van der Waals surface area contributed by atoms with E-state index in [0.717, 1.165) is 19.5 Å². The third-order valence-corrected chi connectivity index (χ3v) is 2.36. The van der Waals surface area contributed by atoms with Gasteiger partial charge in [-0.1, -0.05) is 29.8 Å². The van der Waals surface area contributed by atoms with Crippen LogP contribution in [-0.4, -0.2) is 12.1 Å². The first-order valence-corrected chi connectivity index (χ1v) is 5.52. The zero-order valence-corrected chi connectivity index (χ0v) is 10.0. The highest BCUT2D eigenvalue weighted by Crippen LogP contribution is 2.04. The highest BCUT2D eigenvalue weighted by Gasteiger charge is 2.08. The van der Waals surface area contributed by atoms with Crippen LogP contribution in [0.4, 0.5) is 0 Å². The van der Waals surface area contributed by atoms with Crippen molar-refractivity contribution in [2.24, 2.45) is 5.73 Å². The van der Waals surface area contributed by atoms with E-state index in [1.54, 1.807) is 0 Å². The summed E-state index contributed by atoms with van der Waals surface area (Å²) in [5, 5.41) is 3.41. The van der Waals surface area contributed by atoms with Crippen molar-refractivity contribution in [1.82, 2.24) is 5.32 Å². The van der Waals surface area contributed by atoms with Gasteiger partial charge in [0.2, 0.25) is 0 Å². The Kier molecular flexibility index (Phi) is 4.30. The first-order valence-electron chi connectivity index (χ1n) is 5.52. The van der Waals surface area contributed by atoms with Gasteiger partial charge in [0.15, 0.2) is 0 Å². The number of rotatable bonds is 5. The van der Waals surface area contributed by atoms with Gasteiger partial charge in [0, 0.05) is 12.1 Å². The fourth-order valence-corrected chi connectivity index (χ4v) is 1.47. The molecular weight excluding hydrogens is 184 g/mol. The Hall–Kier alpha value is -0.860. The van der Waals surface area contributed by atoms with E-state index in [1.807, 2.05) is 0 Å². The first-order chi connectivity index (χ1) is 6.97. The quantitative estimate of drug-likeness (QED) is 0.725. The van der Waals surface area contributed by atoms with Gasteiger partial charge in [-0.05, 0) is 39.3 Å². The van der Waals surface area contributed by atoms with Gasteiger partial charge in [-0.25, -0.2) is 0 Å². The molecule has 0 aliphatic heterocycles. The largest absolute Gasteiger partial charge is 0.326 e. The smallest absolute Gasteiger partial charge is 0.0205 e. The molecule has 0 aromatic heterocycles. The topological polar surface area (TPSA) is 38.0 Å². The molecule has 1 aromatic rings. The molecule has 2 heteroatoms. The minimum atomic E-state index is -0.0698. The maximum absolute atomic E-state index is 5.90. The average molecular weight is 206 g/mol. The van der Waals surface area contributed by atoms with Gasteiger partial charge in [-0.2, -0.15) is 0 Å². The predicted octanol–water partition coefficient (Wildman–Crippen LogP) is 2.21. The second kappa shape index (κ2) is 5.29. The standard InChI is InChI=1S/C13H22N2/c1-11-5-4-6-12(9-11)10-15-8-7-13(2,3)14/h4-6,9,15H,7-8,10,14H2,1-3H3. The third-order valence-electron chi connectivity index (χ3n) is 2.36. The zero-order chi connectivity index (χ0) is 11.3. The lowest BCUT2D eigenvalue weighted by molar-refractivity contribution is 0.455. The summed E-state index contributed by atoms with van der Waals surface area (Å²) in [5.74, 6) is 0. The second-order valence-electron chi connectivity index (χ2n) is 4.90. The summed E-state index contributed by atoms with van der Waals surface area (Å²) >= 11 is 0. The molecule has 1 rings (SSSR count). The van der Waals surface area contributed by atoms with Gasteiger partial charge in [-0.3, -0.25) is 0 Å². The maximum atomic E-state index is 5.90. The molecule has 0 heterocycles. The van der Waals surface area contributed by atoms with Gasteiger partial charge in [0.1, 0.15) is 0 Å². The van der Waals surface area contributed by atoms with Crippen LogP contribution in [0.1, 0.15) is 31.4 Å². The van der Waals surface area contributed by atoms with Crippen LogP contribution in [0.2, 0.25) is 0 Å². The maximum Gasteiger partial charge on any atom is 0.0205 e. The molecule has 84 valence electrons. The number of hydrogen-bond donors (Lipinski definition) is 2. The van der Waals surface area contributed by atoms with Crippen molar-refractivity contribution in [1.29, 1.82) is 0 Å². The van der Waals surface area contributed by atoms with Crippen LogP contribution in [-0.2, 0) is 6.54 Å². The van der Waals surface area contributed by atoms with E-state index in [0.29, 0.717) is 0 Å².